The Balaban J connectivity index is 2.83. The van der Waals surface area contributed by atoms with Crippen molar-refractivity contribution in [2.45, 2.75) is 0 Å². The summed E-state index contributed by atoms with van der Waals surface area (Å²) in [5.74, 6) is 0. The van der Waals surface area contributed by atoms with Crippen LogP contribution in [0.15, 0.2) is 0 Å². The molecule has 0 aliphatic rings. The number of hydrogen-bond acceptors (Lipinski definition) is 3. The molecule has 36 valence electrons. The largest absolute Gasteiger partial charge is 0.750 e. The van der Waals surface area contributed by atoms with Gasteiger partial charge in [-0.05, 0) is 0 Å². The summed E-state index contributed by atoms with van der Waals surface area (Å²) >= 11 is -2.38. The second-order valence-electron chi connectivity index (χ2n) is 0.526. The summed E-state index contributed by atoms with van der Waals surface area (Å²) in [7, 11) is 0. The highest BCUT2D eigenvalue weighted by Crippen LogP contribution is 1.72. The molecule has 6 heavy (non-hydrogen) atoms. The predicted molar refractivity (Wildman–Crippen MR) is 20.2 cm³/mol. The lowest BCUT2D eigenvalue weighted by molar-refractivity contribution is 0.333. The van der Waals surface area contributed by atoms with E-state index >= 15 is 0 Å². The highest BCUT2D eigenvalue weighted by atomic mass is 32.2. The van der Waals surface area contributed by atoms with Crippen molar-refractivity contribution < 1.29 is 12.9 Å². The summed E-state index contributed by atoms with van der Waals surface area (Å²) in [6.07, 6.45) is 0. The number of hydrogen-bond donors (Lipinski definition) is 0. The van der Waals surface area contributed by atoms with Crippen LogP contribution in [-0.2, 0) is 15.5 Å². The van der Waals surface area contributed by atoms with E-state index in [2.05, 4.69) is 11.1 Å². The highest BCUT2D eigenvalue weighted by molar-refractivity contribution is 7.74. The van der Waals surface area contributed by atoms with Gasteiger partial charge in [0.05, 0.1) is 18.3 Å². The number of rotatable bonds is 2. The molecule has 0 aliphatic heterocycles. The monoisotopic (exact) mass is 108 g/mol. The summed E-state index contributed by atoms with van der Waals surface area (Å²) in [4.78, 5) is 0. The molecule has 0 amide bonds. The van der Waals surface area contributed by atoms with Gasteiger partial charge in [-0.15, -0.1) is 0 Å². The second kappa shape index (κ2) is 3.14. The molecule has 0 aromatic rings. The van der Waals surface area contributed by atoms with E-state index in [4.69, 9.17) is 0 Å². The lowest BCUT2D eigenvalue weighted by Crippen LogP contribution is -1.92. The Morgan fingerprint density at radius 3 is 2.50 bits per heavy atom. The van der Waals surface area contributed by atoms with Crippen LogP contribution in [-0.4, -0.2) is 15.4 Å². The fourth-order valence-electron chi connectivity index (χ4n) is 0.0680. The lowest BCUT2D eigenvalue weighted by Gasteiger charge is -1.95. The minimum atomic E-state index is -2.38. The average molecular weight is 108 g/mol. The van der Waals surface area contributed by atoms with E-state index in [-0.39, 0.29) is 6.61 Å². The van der Waals surface area contributed by atoms with Crippen molar-refractivity contribution in [3.63, 3.8) is 0 Å². The van der Waals surface area contributed by atoms with E-state index in [0.29, 0.717) is 0 Å². The van der Waals surface area contributed by atoms with Crippen LogP contribution < -0.4 is 0 Å². The van der Waals surface area contributed by atoms with E-state index in [1.54, 1.807) is 0 Å². The van der Waals surface area contributed by atoms with Gasteiger partial charge < -0.3 is 4.55 Å². The SMILES string of the molecule is [CH2+]COS(=O)[O-]. The Kier molecular flexibility index (Phi) is 3.11. The van der Waals surface area contributed by atoms with Crippen molar-refractivity contribution in [3.05, 3.63) is 6.92 Å². The normalized spacial score (nSPS) is 14.2. The first kappa shape index (κ1) is 5.94. The summed E-state index contributed by atoms with van der Waals surface area (Å²) in [6, 6.07) is 0. The molecule has 0 spiro atoms. The Morgan fingerprint density at radius 1 is 2.00 bits per heavy atom. The van der Waals surface area contributed by atoms with E-state index in [9.17, 15) is 8.76 Å². The van der Waals surface area contributed by atoms with Crippen molar-refractivity contribution >= 4 is 11.4 Å². The molecule has 4 heteroatoms. The third kappa shape index (κ3) is 3.94. The zero-order valence-corrected chi connectivity index (χ0v) is 3.86. The van der Waals surface area contributed by atoms with Gasteiger partial charge in [0, 0.05) is 0 Å². The van der Waals surface area contributed by atoms with Crippen molar-refractivity contribution in [1.82, 2.24) is 0 Å². The molecule has 1 atom stereocenters. The fourth-order valence-corrected chi connectivity index (χ4v) is 0.204. The van der Waals surface area contributed by atoms with Gasteiger partial charge in [-0.1, -0.05) is 0 Å². The maximum absolute atomic E-state index is 9.34. The van der Waals surface area contributed by atoms with Crippen molar-refractivity contribution in [1.29, 1.82) is 0 Å². The molecule has 0 aromatic carbocycles. The third-order valence-electron chi connectivity index (χ3n) is 0.180. The van der Waals surface area contributed by atoms with Crippen LogP contribution in [0.25, 0.3) is 0 Å². The van der Waals surface area contributed by atoms with Gasteiger partial charge in [-0.2, -0.15) is 0 Å². The van der Waals surface area contributed by atoms with E-state index in [0.717, 1.165) is 0 Å². The molecular formula is C2H4O3S. The minimum absolute atomic E-state index is 0.0316. The standard InChI is InChI=1S/C2H4O3S/c1-2-5-6(3)4/h1-2H2. The smallest absolute Gasteiger partial charge is 0.198 e. The molecule has 0 N–H and O–H groups in total. The van der Waals surface area contributed by atoms with Crippen LogP contribution in [0.5, 0.6) is 0 Å². The van der Waals surface area contributed by atoms with E-state index in [1.807, 2.05) is 0 Å². The maximum Gasteiger partial charge on any atom is 0.198 e. The van der Waals surface area contributed by atoms with Gasteiger partial charge >= 0.3 is 0 Å². The Hall–Kier alpha value is -0.0600. The molecule has 0 heterocycles. The molecule has 0 bridgehead atoms. The average Bonchev–Trinajstić information content (AvgIpc) is 1.35. The third-order valence-corrected chi connectivity index (χ3v) is 0.539. The quantitative estimate of drug-likeness (QED) is 0.358. The molecule has 0 aromatic heterocycles. The van der Waals surface area contributed by atoms with Crippen molar-refractivity contribution in [3.8, 4) is 0 Å². The summed E-state index contributed by atoms with van der Waals surface area (Å²) < 4.78 is 22.5. The zero-order chi connectivity index (χ0) is 4.99. The van der Waals surface area contributed by atoms with Gasteiger partial charge in [0.2, 0.25) is 0 Å². The fraction of sp³-hybridized carbons (Fsp3) is 0.500. The minimum Gasteiger partial charge on any atom is -0.750 e. The summed E-state index contributed by atoms with van der Waals surface area (Å²) in [5.41, 5.74) is 0. The van der Waals surface area contributed by atoms with Crippen LogP contribution in [0.3, 0.4) is 0 Å². The maximum atomic E-state index is 9.34. The second-order valence-corrected chi connectivity index (χ2v) is 1.17. The van der Waals surface area contributed by atoms with Crippen LogP contribution in [0, 0.1) is 6.92 Å². The highest BCUT2D eigenvalue weighted by Gasteiger charge is 1.76. The van der Waals surface area contributed by atoms with Crippen LogP contribution in [0.2, 0.25) is 0 Å². The van der Waals surface area contributed by atoms with Gasteiger partial charge in [-0.25, -0.2) is 4.21 Å². The molecule has 3 nitrogen and oxygen atoms in total. The van der Waals surface area contributed by atoms with Crippen LogP contribution in [0.4, 0.5) is 0 Å². The van der Waals surface area contributed by atoms with Crippen LogP contribution >= 0.6 is 0 Å². The zero-order valence-electron chi connectivity index (χ0n) is 3.05. The van der Waals surface area contributed by atoms with Gasteiger partial charge in [0.1, 0.15) is 0 Å². The van der Waals surface area contributed by atoms with Crippen molar-refractivity contribution in [2.24, 2.45) is 0 Å². The molecule has 0 fully saturated rings. The molecule has 1 unspecified atom stereocenters. The summed E-state index contributed by atoms with van der Waals surface area (Å²) in [5, 5.41) is 0. The summed E-state index contributed by atoms with van der Waals surface area (Å²) in [6.45, 7) is 3.08. The van der Waals surface area contributed by atoms with Gasteiger partial charge in [0.15, 0.2) is 6.61 Å². The molecule has 0 saturated heterocycles. The molecule has 0 radical (unpaired) electrons. The lowest BCUT2D eigenvalue weighted by atomic mass is 10.9. The Bertz CT molecular complexity index is 52.8. The molecule has 0 aliphatic carbocycles. The first-order valence-electron chi connectivity index (χ1n) is 1.29. The molecule has 0 rings (SSSR count). The Labute approximate surface area is 38.8 Å². The predicted octanol–water partition coefficient (Wildman–Crippen LogP) is -0.369. The van der Waals surface area contributed by atoms with E-state index < -0.39 is 11.4 Å². The van der Waals surface area contributed by atoms with Gasteiger partial charge in [0.25, 0.3) is 0 Å². The molecular weight excluding hydrogens is 104 g/mol. The van der Waals surface area contributed by atoms with Crippen molar-refractivity contribution in [2.75, 3.05) is 6.61 Å². The molecule has 0 saturated carbocycles. The van der Waals surface area contributed by atoms with E-state index in [1.165, 1.54) is 0 Å². The van der Waals surface area contributed by atoms with Gasteiger partial charge in [-0.3, -0.25) is 4.18 Å². The van der Waals surface area contributed by atoms with Crippen LogP contribution in [0.1, 0.15) is 0 Å². The topological polar surface area (TPSA) is 49.4 Å². The first-order valence-corrected chi connectivity index (χ1v) is 2.29. The Morgan fingerprint density at radius 2 is 2.50 bits per heavy atom. The first-order chi connectivity index (χ1) is 2.77.